The van der Waals surface area contributed by atoms with Crippen molar-refractivity contribution in [2.45, 2.75) is 6.92 Å². The first-order valence-electron chi connectivity index (χ1n) is 10.2. The molecule has 0 saturated carbocycles. The molecule has 146 valence electrons. The fourth-order valence-corrected chi connectivity index (χ4v) is 3.71. The number of benzene rings is 2. The number of pyridine rings is 2. The van der Waals surface area contributed by atoms with Crippen molar-refractivity contribution in [3.05, 3.63) is 97.3 Å². The van der Waals surface area contributed by atoms with Crippen molar-refractivity contribution in [1.29, 1.82) is 0 Å². The molecule has 0 fully saturated rings. The summed E-state index contributed by atoms with van der Waals surface area (Å²) in [6.07, 6.45) is 4.03. The van der Waals surface area contributed by atoms with Gasteiger partial charge < -0.3 is 5.32 Å². The minimum absolute atomic E-state index is 0.818. The van der Waals surface area contributed by atoms with Gasteiger partial charge in [0.2, 0.25) is 0 Å². The number of imidazole rings is 1. The van der Waals surface area contributed by atoms with Crippen LogP contribution in [-0.4, -0.2) is 20.9 Å². The van der Waals surface area contributed by atoms with Crippen LogP contribution in [0.15, 0.2) is 97.3 Å². The van der Waals surface area contributed by atoms with Crippen molar-refractivity contribution in [2.75, 3.05) is 11.9 Å². The average Bonchev–Trinajstić information content (AvgIpc) is 3.24. The van der Waals surface area contributed by atoms with Gasteiger partial charge in [0.15, 0.2) is 0 Å². The second-order valence-corrected chi connectivity index (χ2v) is 7.18. The average molecular weight is 390 g/mol. The number of nitrogens with zero attached hydrogens (tertiary/aromatic N) is 3. The van der Waals surface area contributed by atoms with E-state index in [9.17, 15) is 0 Å². The van der Waals surface area contributed by atoms with Gasteiger partial charge in [-0.3, -0.25) is 4.40 Å². The van der Waals surface area contributed by atoms with Crippen LogP contribution in [0.4, 0.5) is 5.82 Å². The SMILES string of the molecule is CCNc1cc(-c2cnc3cc(-c4ccccc4)ccn23)cc(-c2ccccc2)n1. The number of hydrogen-bond donors (Lipinski definition) is 1. The standard InChI is InChI=1S/C26H22N4/c1-2-27-25-16-22(15-23(29-25)20-11-7-4-8-12-20)24-18-28-26-17-21(13-14-30(24)26)19-9-5-3-6-10-19/h3-18H,2H2,1H3,(H,27,29). The molecule has 0 aliphatic carbocycles. The van der Waals surface area contributed by atoms with Gasteiger partial charge in [-0.2, -0.15) is 0 Å². The zero-order chi connectivity index (χ0) is 20.3. The molecule has 4 nitrogen and oxygen atoms in total. The van der Waals surface area contributed by atoms with Crippen LogP contribution >= 0.6 is 0 Å². The molecule has 5 aromatic rings. The lowest BCUT2D eigenvalue weighted by atomic mass is 10.1. The van der Waals surface area contributed by atoms with E-state index in [0.29, 0.717) is 0 Å². The van der Waals surface area contributed by atoms with Crippen LogP contribution in [0, 0.1) is 0 Å². The number of hydrogen-bond acceptors (Lipinski definition) is 3. The maximum Gasteiger partial charge on any atom is 0.137 e. The lowest BCUT2D eigenvalue weighted by Gasteiger charge is -2.10. The van der Waals surface area contributed by atoms with Gasteiger partial charge in [-0.05, 0) is 42.3 Å². The zero-order valence-electron chi connectivity index (χ0n) is 16.8. The number of rotatable bonds is 5. The van der Waals surface area contributed by atoms with E-state index >= 15 is 0 Å². The topological polar surface area (TPSA) is 42.2 Å². The lowest BCUT2D eigenvalue weighted by molar-refractivity contribution is 1.15. The van der Waals surface area contributed by atoms with E-state index in [1.807, 2.05) is 30.5 Å². The molecular weight excluding hydrogens is 368 g/mol. The fraction of sp³-hybridized carbons (Fsp3) is 0.0769. The van der Waals surface area contributed by atoms with Crippen LogP contribution in [-0.2, 0) is 0 Å². The maximum absolute atomic E-state index is 4.80. The van der Waals surface area contributed by atoms with Crippen molar-refractivity contribution in [2.24, 2.45) is 0 Å². The molecule has 1 N–H and O–H groups in total. The summed E-state index contributed by atoms with van der Waals surface area (Å²) in [5.74, 6) is 0.865. The van der Waals surface area contributed by atoms with E-state index in [2.05, 4.69) is 88.5 Å². The summed E-state index contributed by atoms with van der Waals surface area (Å²) >= 11 is 0. The van der Waals surface area contributed by atoms with Crippen molar-refractivity contribution < 1.29 is 0 Å². The fourth-order valence-electron chi connectivity index (χ4n) is 3.71. The Morgan fingerprint density at radius 2 is 1.50 bits per heavy atom. The molecule has 0 aliphatic heterocycles. The molecule has 3 heterocycles. The summed E-state index contributed by atoms with van der Waals surface area (Å²) in [6.45, 7) is 2.90. The Morgan fingerprint density at radius 3 is 2.23 bits per heavy atom. The molecule has 0 aliphatic rings. The third kappa shape index (κ3) is 3.44. The first kappa shape index (κ1) is 18.1. The van der Waals surface area contributed by atoms with E-state index < -0.39 is 0 Å². The first-order valence-corrected chi connectivity index (χ1v) is 10.2. The molecule has 0 spiro atoms. The summed E-state index contributed by atoms with van der Waals surface area (Å²) in [4.78, 5) is 9.48. The number of fused-ring (bicyclic) bond motifs is 1. The highest BCUT2D eigenvalue weighted by Gasteiger charge is 2.11. The van der Waals surface area contributed by atoms with Crippen molar-refractivity contribution >= 4 is 11.5 Å². The minimum atomic E-state index is 0.818. The molecule has 30 heavy (non-hydrogen) atoms. The van der Waals surface area contributed by atoms with E-state index in [-0.39, 0.29) is 0 Å². The normalized spacial score (nSPS) is 11.0. The molecule has 0 radical (unpaired) electrons. The Morgan fingerprint density at radius 1 is 0.767 bits per heavy atom. The van der Waals surface area contributed by atoms with E-state index in [4.69, 9.17) is 4.98 Å². The smallest absolute Gasteiger partial charge is 0.137 e. The highest BCUT2D eigenvalue weighted by molar-refractivity contribution is 5.75. The third-order valence-corrected chi connectivity index (χ3v) is 5.17. The predicted molar refractivity (Wildman–Crippen MR) is 123 cm³/mol. The van der Waals surface area contributed by atoms with Gasteiger partial charge in [0.1, 0.15) is 11.5 Å². The predicted octanol–water partition coefficient (Wildman–Crippen LogP) is 6.16. The second kappa shape index (κ2) is 7.84. The number of aromatic nitrogens is 3. The van der Waals surface area contributed by atoms with E-state index in [1.165, 1.54) is 5.56 Å². The van der Waals surface area contributed by atoms with Crippen molar-refractivity contribution in [1.82, 2.24) is 14.4 Å². The van der Waals surface area contributed by atoms with Gasteiger partial charge in [0.25, 0.3) is 0 Å². The van der Waals surface area contributed by atoms with Crippen LogP contribution < -0.4 is 5.32 Å². The first-order chi connectivity index (χ1) is 14.8. The van der Waals surface area contributed by atoms with Crippen LogP contribution in [0.5, 0.6) is 0 Å². The van der Waals surface area contributed by atoms with Gasteiger partial charge in [0.05, 0.1) is 17.6 Å². The summed E-state index contributed by atoms with van der Waals surface area (Å²) in [6, 6.07) is 29.1. The van der Waals surface area contributed by atoms with Gasteiger partial charge in [-0.15, -0.1) is 0 Å². The molecule has 3 aromatic heterocycles. The molecule has 4 heteroatoms. The molecule has 2 aromatic carbocycles. The maximum atomic E-state index is 4.80. The van der Waals surface area contributed by atoms with Gasteiger partial charge in [-0.25, -0.2) is 9.97 Å². The molecule has 0 saturated heterocycles. The Balaban J connectivity index is 1.62. The summed E-state index contributed by atoms with van der Waals surface area (Å²) in [5, 5.41) is 3.36. The molecule has 0 amide bonds. The monoisotopic (exact) mass is 390 g/mol. The largest absolute Gasteiger partial charge is 0.370 e. The van der Waals surface area contributed by atoms with Crippen molar-refractivity contribution in [3.8, 4) is 33.6 Å². The molecule has 0 unspecified atom stereocenters. The summed E-state index contributed by atoms with van der Waals surface area (Å²) < 4.78 is 2.13. The lowest BCUT2D eigenvalue weighted by Crippen LogP contribution is -2.01. The zero-order valence-corrected chi connectivity index (χ0v) is 16.8. The quantitative estimate of drug-likeness (QED) is 0.391. The number of nitrogens with one attached hydrogen (secondary N) is 1. The number of anilines is 1. The van der Waals surface area contributed by atoms with E-state index in [0.717, 1.165) is 46.1 Å². The third-order valence-electron chi connectivity index (χ3n) is 5.17. The molecule has 5 rings (SSSR count). The molecule has 0 atom stereocenters. The summed E-state index contributed by atoms with van der Waals surface area (Å²) in [7, 11) is 0. The molecular formula is C26H22N4. The van der Waals surface area contributed by atoms with Gasteiger partial charge in [0, 0.05) is 23.9 Å². The van der Waals surface area contributed by atoms with E-state index in [1.54, 1.807) is 0 Å². The van der Waals surface area contributed by atoms with Crippen LogP contribution in [0.2, 0.25) is 0 Å². The van der Waals surface area contributed by atoms with Gasteiger partial charge in [-0.1, -0.05) is 60.7 Å². The van der Waals surface area contributed by atoms with Crippen LogP contribution in [0.3, 0.4) is 0 Å². The summed E-state index contributed by atoms with van der Waals surface area (Å²) in [5.41, 5.74) is 7.44. The van der Waals surface area contributed by atoms with Gasteiger partial charge >= 0.3 is 0 Å². The van der Waals surface area contributed by atoms with Crippen LogP contribution in [0.1, 0.15) is 6.92 Å². The highest BCUT2D eigenvalue weighted by atomic mass is 15.0. The molecule has 0 bridgehead atoms. The van der Waals surface area contributed by atoms with Crippen LogP contribution in [0.25, 0.3) is 39.3 Å². The Kier molecular flexibility index (Phi) is 4.74. The highest BCUT2D eigenvalue weighted by Crippen LogP contribution is 2.29. The Bertz CT molecular complexity index is 1290. The van der Waals surface area contributed by atoms with Crippen molar-refractivity contribution in [3.63, 3.8) is 0 Å². The second-order valence-electron chi connectivity index (χ2n) is 7.18. The Hall–Kier alpha value is -3.92. The Labute approximate surface area is 175 Å². The minimum Gasteiger partial charge on any atom is -0.370 e.